The van der Waals surface area contributed by atoms with Crippen molar-refractivity contribution >= 4 is 0 Å². The van der Waals surface area contributed by atoms with E-state index in [1.165, 1.54) is 32.2 Å². The number of rotatable bonds is 5. The minimum Gasteiger partial charge on any atom is -0.508 e. The largest absolute Gasteiger partial charge is 0.508 e. The zero-order valence-corrected chi connectivity index (χ0v) is 11.2. The lowest BCUT2D eigenvalue weighted by Gasteiger charge is -2.32. The fourth-order valence-electron chi connectivity index (χ4n) is 2.66. The van der Waals surface area contributed by atoms with E-state index in [2.05, 4.69) is 17.3 Å². The Morgan fingerprint density at radius 2 is 2.17 bits per heavy atom. The van der Waals surface area contributed by atoms with E-state index in [0.717, 1.165) is 24.7 Å². The molecule has 0 spiro atoms. The van der Waals surface area contributed by atoms with Gasteiger partial charge in [0.25, 0.3) is 0 Å². The van der Waals surface area contributed by atoms with Gasteiger partial charge in [-0.3, -0.25) is 0 Å². The van der Waals surface area contributed by atoms with Crippen LogP contribution in [0.1, 0.15) is 31.2 Å². The number of phenols is 1. The molecule has 1 atom stereocenters. The van der Waals surface area contributed by atoms with Gasteiger partial charge >= 0.3 is 0 Å². The van der Waals surface area contributed by atoms with Gasteiger partial charge in [-0.1, -0.05) is 24.6 Å². The molecule has 1 unspecified atom stereocenters. The third kappa shape index (κ3) is 3.72. The number of para-hydroxylation sites is 1. The molecule has 1 heterocycles. The lowest BCUT2D eigenvalue weighted by molar-refractivity contribution is 0.175. The molecule has 1 aromatic carbocycles. The molecule has 1 aromatic rings. The second kappa shape index (κ2) is 6.76. The zero-order valence-electron chi connectivity index (χ0n) is 11.2. The fraction of sp³-hybridized carbons (Fsp3) is 0.600. The van der Waals surface area contributed by atoms with Crippen molar-refractivity contribution in [2.45, 2.75) is 38.3 Å². The van der Waals surface area contributed by atoms with Crippen LogP contribution in [0.2, 0.25) is 0 Å². The fourth-order valence-corrected chi connectivity index (χ4v) is 2.66. The molecule has 0 radical (unpaired) electrons. The molecule has 1 aliphatic rings. The number of nitrogens with zero attached hydrogens (tertiary/aromatic N) is 1. The first kappa shape index (κ1) is 13.4. The Labute approximate surface area is 110 Å². The number of nitrogens with one attached hydrogen (secondary N) is 1. The number of piperidine rings is 1. The van der Waals surface area contributed by atoms with Gasteiger partial charge in [-0.05, 0) is 45.5 Å². The first-order valence-electron chi connectivity index (χ1n) is 6.95. The van der Waals surface area contributed by atoms with Crippen LogP contribution in [0.3, 0.4) is 0 Å². The molecule has 1 aliphatic heterocycles. The summed E-state index contributed by atoms with van der Waals surface area (Å²) in [4.78, 5) is 2.48. The molecular weight excluding hydrogens is 224 g/mol. The predicted octanol–water partition coefficient (Wildman–Crippen LogP) is 2.36. The van der Waals surface area contributed by atoms with Crippen molar-refractivity contribution < 1.29 is 5.11 Å². The molecular formula is C15H24N2O. The predicted molar refractivity (Wildman–Crippen MR) is 74.7 cm³/mol. The van der Waals surface area contributed by atoms with E-state index < -0.39 is 0 Å². The maximum Gasteiger partial charge on any atom is 0.120 e. The van der Waals surface area contributed by atoms with E-state index in [0.29, 0.717) is 5.75 Å². The molecule has 100 valence electrons. The van der Waals surface area contributed by atoms with Gasteiger partial charge in [0.2, 0.25) is 0 Å². The number of aromatic hydroxyl groups is 1. The summed E-state index contributed by atoms with van der Waals surface area (Å²) >= 11 is 0. The van der Waals surface area contributed by atoms with Gasteiger partial charge in [-0.15, -0.1) is 0 Å². The maximum atomic E-state index is 9.65. The first-order chi connectivity index (χ1) is 8.77. The quantitative estimate of drug-likeness (QED) is 0.785. The molecule has 3 nitrogen and oxygen atoms in total. The lowest BCUT2D eigenvalue weighted by Crippen LogP contribution is -2.38. The summed E-state index contributed by atoms with van der Waals surface area (Å²) in [6.45, 7) is 3.01. The topological polar surface area (TPSA) is 35.5 Å². The van der Waals surface area contributed by atoms with E-state index in [1.807, 2.05) is 18.2 Å². The summed E-state index contributed by atoms with van der Waals surface area (Å²) < 4.78 is 0. The Hall–Kier alpha value is -1.06. The van der Waals surface area contributed by atoms with E-state index >= 15 is 0 Å². The van der Waals surface area contributed by atoms with Crippen molar-refractivity contribution in [2.75, 3.05) is 20.1 Å². The monoisotopic (exact) mass is 248 g/mol. The Kier molecular flexibility index (Phi) is 5.02. The summed E-state index contributed by atoms with van der Waals surface area (Å²) in [7, 11) is 2.23. The normalized spacial score (nSPS) is 21.1. The van der Waals surface area contributed by atoms with Crippen LogP contribution in [0.15, 0.2) is 24.3 Å². The second-order valence-electron chi connectivity index (χ2n) is 5.22. The lowest BCUT2D eigenvalue weighted by atomic mass is 10.0. The van der Waals surface area contributed by atoms with Crippen LogP contribution in [0.5, 0.6) is 5.75 Å². The molecule has 0 aromatic heterocycles. The summed E-state index contributed by atoms with van der Waals surface area (Å²) in [6, 6.07) is 8.26. The molecule has 3 heteroatoms. The number of phenolic OH excluding ortho intramolecular Hbond substituents is 1. The summed E-state index contributed by atoms with van der Waals surface area (Å²) in [5.74, 6) is 0.389. The SMILES string of the molecule is CN1CCCCC1CCNCc1ccccc1O. The zero-order chi connectivity index (χ0) is 12.8. The van der Waals surface area contributed by atoms with Crippen LogP contribution < -0.4 is 5.32 Å². The Balaban J connectivity index is 1.68. The molecule has 2 N–H and O–H groups in total. The van der Waals surface area contributed by atoms with Crippen LogP contribution in [0, 0.1) is 0 Å². The minimum atomic E-state index is 0.389. The molecule has 0 aliphatic carbocycles. The molecule has 0 bridgehead atoms. The number of likely N-dealkylation sites (tertiary alicyclic amines) is 1. The van der Waals surface area contributed by atoms with Crippen molar-refractivity contribution in [1.29, 1.82) is 0 Å². The standard InChI is InChI=1S/C15H24N2O/c1-17-11-5-4-7-14(17)9-10-16-12-13-6-2-3-8-15(13)18/h2-3,6,8,14,16,18H,4-5,7,9-12H2,1H3. The summed E-state index contributed by atoms with van der Waals surface area (Å²) in [5, 5.41) is 13.1. The van der Waals surface area contributed by atoms with Crippen LogP contribution in [-0.2, 0) is 6.54 Å². The third-order valence-electron chi connectivity index (χ3n) is 3.88. The van der Waals surface area contributed by atoms with Gasteiger partial charge in [0.05, 0.1) is 0 Å². The van der Waals surface area contributed by atoms with Crippen molar-refractivity contribution in [2.24, 2.45) is 0 Å². The third-order valence-corrected chi connectivity index (χ3v) is 3.88. The van der Waals surface area contributed by atoms with Crippen molar-refractivity contribution in [3.8, 4) is 5.75 Å². The van der Waals surface area contributed by atoms with Gasteiger partial charge in [-0.25, -0.2) is 0 Å². The Morgan fingerprint density at radius 1 is 1.33 bits per heavy atom. The molecule has 18 heavy (non-hydrogen) atoms. The first-order valence-corrected chi connectivity index (χ1v) is 6.95. The van der Waals surface area contributed by atoms with Crippen LogP contribution in [0.4, 0.5) is 0 Å². The maximum absolute atomic E-state index is 9.65. The number of hydrogen-bond donors (Lipinski definition) is 2. The van der Waals surface area contributed by atoms with Gasteiger partial charge in [-0.2, -0.15) is 0 Å². The molecule has 0 saturated carbocycles. The van der Waals surface area contributed by atoms with Crippen LogP contribution in [-0.4, -0.2) is 36.2 Å². The van der Waals surface area contributed by atoms with Crippen molar-refractivity contribution in [3.63, 3.8) is 0 Å². The summed E-state index contributed by atoms with van der Waals surface area (Å²) in [6.07, 6.45) is 5.24. The average molecular weight is 248 g/mol. The highest BCUT2D eigenvalue weighted by Gasteiger charge is 2.17. The van der Waals surface area contributed by atoms with Gasteiger partial charge in [0, 0.05) is 18.2 Å². The molecule has 1 fully saturated rings. The summed E-state index contributed by atoms with van der Waals surface area (Å²) in [5.41, 5.74) is 0.981. The number of benzene rings is 1. The van der Waals surface area contributed by atoms with E-state index in [1.54, 1.807) is 6.07 Å². The van der Waals surface area contributed by atoms with Gasteiger partial charge in [0.15, 0.2) is 0 Å². The molecule has 1 saturated heterocycles. The highest BCUT2D eigenvalue weighted by molar-refractivity contribution is 5.31. The Morgan fingerprint density at radius 3 is 2.94 bits per heavy atom. The number of hydrogen-bond acceptors (Lipinski definition) is 3. The minimum absolute atomic E-state index is 0.389. The van der Waals surface area contributed by atoms with Crippen molar-refractivity contribution in [3.05, 3.63) is 29.8 Å². The smallest absolute Gasteiger partial charge is 0.120 e. The molecule has 2 rings (SSSR count). The van der Waals surface area contributed by atoms with Crippen LogP contribution in [0.25, 0.3) is 0 Å². The highest BCUT2D eigenvalue weighted by atomic mass is 16.3. The highest BCUT2D eigenvalue weighted by Crippen LogP contribution is 2.18. The van der Waals surface area contributed by atoms with E-state index in [4.69, 9.17) is 0 Å². The average Bonchev–Trinajstić information content (AvgIpc) is 2.38. The van der Waals surface area contributed by atoms with E-state index in [-0.39, 0.29) is 0 Å². The van der Waals surface area contributed by atoms with E-state index in [9.17, 15) is 5.11 Å². The van der Waals surface area contributed by atoms with Crippen LogP contribution >= 0.6 is 0 Å². The van der Waals surface area contributed by atoms with Crippen molar-refractivity contribution in [1.82, 2.24) is 10.2 Å². The second-order valence-corrected chi connectivity index (χ2v) is 5.22. The Bertz CT molecular complexity index is 367. The van der Waals surface area contributed by atoms with Gasteiger partial charge < -0.3 is 15.3 Å². The molecule has 0 amide bonds. The van der Waals surface area contributed by atoms with Gasteiger partial charge in [0.1, 0.15) is 5.75 Å².